The van der Waals surface area contributed by atoms with Crippen molar-refractivity contribution < 1.29 is 4.39 Å². The van der Waals surface area contributed by atoms with Gasteiger partial charge in [-0.25, -0.2) is 13.9 Å². The van der Waals surface area contributed by atoms with Crippen LogP contribution in [0.25, 0.3) is 5.78 Å². The monoisotopic (exact) mass is 285 g/mol. The van der Waals surface area contributed by atoms with Gasteiger partial charge in [0.1, 0.15) is 5.82 Å². The predicted octanol–water partition coefficient (Wildman–Crippen LogP) is 2.43. The lowest BCUT2D eigenvalue weighted by molar-refractivity contribution is 0.617. The lowest BCUT2D eigenvalue weighted by atomic mass is 10.1. The molecule has 0 unspecified atom stereocenters. The largest absolute Gasteiger partial charge is 0.253 e. The average molecular weight is 285 g/mol. The van der Waals surface area contributed by atoms with E-state index in [1.807, 2.05) is 6.07 Å². The second-order valence-electron chi connectivity index (χ2n) is 3.97. The Morgan fingerprint density at radius 2 is 2.30 bits per heavy atom. The Labute approximate surface area is 118 Å². The van der Waals surface area contributed by atoms with Gasteiger partial charge in [-0.15, -0.1) is 5.10 Å². The molecule has 0 bridgehead atoms. The summed E-state index contributed by atoms with van der Waals surface area (Å²) in [5.74, 6) is 0.526. The Bertz CT molecular complexity index is 775. The van der Waals surface area contributed by atoms with Crippen molar-refractivity contribution in [2.24, 2.45) is 0 Å². The van der Waals surface area contributed by atoms with Gasteiger partial charge in [-0.05, 0) is 29.8 Å². The second kappa shape index (κ2) is 5.27. The van der Waals surface area contributed by atoms with Crippen molar-refractivity contribution in [3.8, 4) is 6.07 Å². The number of hydrogen-bond donors (Lipinski definition) is 0. The van der Waals surface area contributed by atoms with E-state index in [0.29, 0.717) is 27.8 Å². The molecule has 0 aliphatic carbocycles. The molecule has 5 nitrogen and oxygen atoms in total. The van der Waals surface area contributed by atoms with E-state index in [-0.39, 0.29) is 5.82 Å². The van der Waals surface area contributed by atoms with E-state index in [2.05, 4.69) is 15.1 Å². The fourth-order valence-corrected chi connectivity index (χ4v) is 2.47. The summed E-state index contributed by atoms with van der Waals surface area (Å²) in [5.41, 5.74) is 0.896. The van der Waals surface area contributed by atoms with Crippen molar-refractivity contribution in [2.75, 3.05) is 0 Å². The van der Waals surface area contributed by atoms with Gasteiger partial charge in [0, 0.05) is 18.1 Å². The standard InChI is InChI=1S/C13H8FN5S/c14-11-3-2-9(7-15)6-10(11)8-20-13-17-12-16-4-1-5-19(12)18-13/h1-6H,8H2. The van der Waals surface area contributed by atoms with E-state index in [4.69, 9.17) is 5.26 Å². The van der Waals surface area contributed by atoms with E-state index in [1.165, 1.54) is 30.0 Å². The molecule has 1 aromatic carbocycles. The SMILES string of the molecule is N#Cc1ccc(F)c(CSc2nc3ncccn3n2)c1. The van der Waals surface area contributed by atoms with Gasteiger partial charge in [0.15, 0.2) is 0 Å². The van der Waals surface area contributed by atoms with Crippen LogP contribution in [0.15, 0.2) is 41.8 Å². The molecule has 0 saturated heterocycles. The molecule has 98 valence electrons. The molecule has 0 aliphatic heterocycles. The third-order valence-electron chi connectivity index (χ3n) is 2.63. The molecule has 20 heavy (non-hydrogen) atoms. The van der Waals surface area contributed by atoms with Crippen LogP contribution in [0, 0.1) is 17.1 Å². The molecule has 0 radical (unpaired) electrons. The number of thioether (sulfide) groups is 1. The molecule has 3 rings (SSSR count). The van der Waals surface area contributed by atoms with Gasteiger partial charge in [-0.3, -0.25) is 0 Å². The minimum Gasteiger partial charge on any atom is -0.220 e. The van der Waals surface area contributed by atoms with Crippen LogP contribution in [0.3, 0.4) is 0 Å². The van der Waals surface area contributed by atoms with E-state index >= 15 is 0 Å². The normalized spacial score (nSPS) is 10.6. The first-order valence-corrected chi connectivity index (χ1v) is 6.73. The van der Waals surface area contributed by atoms with Crippen LogP contribution in [0.2, 0.25) is 0 Å². The Morgan fingerprint density at radius 3 is 3.10 bits per heavy atom. The van der Waals surface area contributed by atoms with Gasteiger partial charge in [0.25, 0.3) is 5.78 Å². The van der Waals surface area contributed by atoms with Gasteiger partial charge < -0.3 is 0 Å². The van der Waals surface area contributed by atoms with Crippen molar-refractivity contribution in [1.29, 1.82) is 5.26 Å². The number of rotatable bonds is 3. The molecule has 2 heterocycles. The number of halogens is 1. The van der Waals surface area contributed by atoms with E-state index in [1.54, 1.807) is 23.0 Å². The zero-order chi connectivity index (χ0) is 13.9. The first-order chi connectivity index (χ1) is 9.76. The summed E-state index contributed by atoms with van der Waals surface area (Å²) in [6.07, 6.45) is 3.38. The smallest absolute Gasteiger partial charge is 0.220 e. The summed E-state index contributed by atoms with van der Waals surface area (Å²) in [6.45, 7) is 0. The van der Waals surface area contributed by atoms with Crippen LogP contribution in [0.5, 0.6) is 0 Å². The lowest BCUT2D eigenvalue weighted by Crippen LogP contribution is -1.90. The fraction of sp³-hybridized carbons (Fsp3) is 0.0769. The Morgan fingerprint density at radius 1 is 1.40 bits per heavy atom. The first-order valence-electron chi connectivity index (χ1n) is 5.75. The second-order valence-corrected chi connectivity index (χ2v) is 4.91. The molecular formula is C13H8FN5S. The number of fused-ring (bicyclic) bond motifs is 1. The van der Waals surface area contributed by atoms with Crippen LogP contribution >= 0.6 is 11.8 Å². The van der Waals surface area contributed by atoms with Gasteiger partial charge in [0.2, 0.25) is 5.16 Å². The highest BCUT2D eigenvalue weighted by molar-refractivity contribution is 7.98. The Hall–Kier alpha value is -2.46. The van der Waals surface area contributed by atoms with Crippen LogP contribution in [0.4, 0.5) is 4.39 Å². The highest BCUT2D eigenvalue weighted by Crippen LogP contribution is 2.22. The number of benzene rings is 1. The van der Waals surface area contributed by atoms with Crippen molar-refractivity contribution in [3.05, 3.63) is 53.6 Å². The van der Waals surface area contributed by atoms with Crippen LogP contribution in [0.1, 0.15) is 11.1 Å². The Kier molecular flexibility index (Phi) is 3.31. The molecule has 0 fully saturated rings. The summed E-state index contributed by atoms with van der Waals surface area (Å²) in [4.78, 5) is 8.28. The molecule has 0 spiro atoms. The maximum absolute atomic E-state index is 13.6. The molecule has 0 aliphatic rings. The molecule has 0 amide bonds. The maximum atomic E-state index is 13.6. The summed E-state index contributed by atoms with van der Waals surface area (Å²) < 4.78 is 15.2. The summed E-state index contributed by atoms with van der Waals surface area (Å²) in [5, 5.41) is 13.6. The van der Waals surface area contributed by atoms with E-state index in [9.17, 15) is 4.39 Å². The maximum Gasteiger partial charge on any atom is 0.253 e. The van der Waals surface area contributed by atoms with Crippen molar-refractivity contribution in [1.82, 2.24) is 19.6 Å². The van der Waals surface area contributed by atoms with Gasteiger partial charge >= 0.3 is 0 Å². The van der Waals surface area contributed by atoms with Crippen LogP contribution < -0.4 is 0 Å². The predicted molar refractivity (Wildman–Crippen MR) is 71.5 cm³/mol. The molecule has 0 atom stereocenters. The Balaban J connectivity index is 1.81. The summed E-state index contributed by atoms with van der Waals surface area (Å²) >= 11 is 1.30. The molecule has 7 heteroatoms. The van der Waals surface area contributed by atoms with Gasteiger partial charge in [-0.1, -0.05) is 11.8 Å². The van der Waals surface area contributed by atoms with Crippen LogP contribution in [-0.4, -0.2) is 19.6 Å². The fourth-order valence-electron chi connectivity index (χ4n) is 1.67. The van der Waals surface area contributed by atoms with E-state index in [0.717, 1.165) is 0 Å². The van der Waals surface area contributed by atoms with Gasteiger partial charge in [0.05, 0.1) is 11.6 Å². The topological polar surface area (TPSA) is 66.9 Å². The quantitative estimate of drug-likeness (QED) is 0.691. The van der Waals surface area contributed by atoms with E-state index < -0.39 is 0 Å². The molecule has 2 aromatic heterocycles. The number of hydrogen-bond acceptors (Lipinski definition) is 5. The third kappa shape index (κ3) is 2.46. The summed E-state index contributed by atoms with van der Waals surface area (Å²) in [7, 11) is 0. The first kappa shape index (κ1) is 12.6. The molecule has 3 aromatic rings. The zero-order valence-electron chi connectivity index (χ0n) is 10.2. The molecule has 0 saturated carbocycles. The molecule has 0 N–H and O–H groups in total. The third-order valence-corrected chi connectivity index (χ3v) is 3.52. The minimum atomic E-state index is -0.335. The molecular weight excluding hydrogens is 277 g/mol. The number of nitrogens with zero attached hydrogens (tertiary/aromatic N) is 5. The highest BCUT2D eigenvalue weighted by atomic mass is 32.2. The van der Waals surface area contributed by atoms with Gasteiger partial charge in [-0.2, -0.15) is 10.2 Å². The lowest BCUT2D eigenvalue weighted by Gasteiger charge is -2.01. The van der Waals surface area contributed by atoms with Crippen molar-refractivity contribution in [2.45, 2.75) is 10.9 Å². The zero-order valence-corrected chi connectivity index (χ0v) is 11.0. The number of aromatic nitrogens is 4. The van der Waals surface area contributed by atoms with Crippen molar-refractivity contribution in [3.63, 3.8) is 0 Å². The highest BCUT2D eigenvalue weighted by Gasteiger charge is 2.08. The average Bonchev–Trinajstić information content (AvgIpc) is 2.89. The number of nitriles is 1. The minimum absolute atomic E-state index is 0.335. The van der Waals surface area contributed by atoms with Crippen LogP contribution in [-0.2, 0) is 5.75 Å². The summed E-state index contributed by atoms with van der Waals surface area (Å²) in [6, 6.07) is 8.04. The van der Waals surface area contributed by atoms with Crippen molar-refractivity contribution >= 4 is 17.5 Å².